The minimum absolute atomic E-state index is 0.00269. The van der Waals surface area contributed by atoms with Crippen molar-refractivity contribution in [2.45, 2.75) is 6.92 Å². The number of H-pyrrole nitrogens is 1. The molecule has 2 rings (SSSR count). The molecule has 0 spiro atoms. The molecule has 0 unspecified atom stereocenters. The van der Waals surface area contributed by atoms with Crippen LogP contribution in [-0.2, 0) is 0 Å². The van der Waals surface area contributed by atoms with E-state index in [4.69, 9.17) is 5.11 Å². The minimum atomic E-state index is -0.00269. The first-order chi connectivity index (χ1) is 5.27. The van der Waals surface area contributed by atoms with Crippen molar-refractivity contribution in [2.75, 3.05) is 0 Å². The first kappa shape index (κ1) is 6.15. The van der Waals surface area contributed by atoms with Gasteiger partial charge in [-0.25, -0.2) is 9.97 Å². The molecule has 0 saturated carbocycles. The number of aromatic nitrogens is 3. The summed E-state index contributed by atoms with van der Waals surface area (Å²) in [6.45, 7) is 1.71. The van der Waals surface area contributed by atoms with Gasteiger partial charge in [0.25, 0.3) is 0 Å². The monoisotopic (exact) mass is 149 g/mol. The molecule has 0 bridgehead atoms. The number of aromatic amines is 1. The van der Waals surface area contributed by atoms with E-state index < -0.39 is 0 Å². The van der Waals surface area contributed by atoms with Crippen molar-refractivity contribution in [3.63, 3.8) is 0 Å². The summed E-state index contributed by atoms with van der Waals surface area (Å²) in [6, 6.07) is 1.77. The maximum Gasteiger partial charge on any atom is 0.233 e. The SMILES string of the molecule is Cc1nc2[nH]ccc2nc1O. The van der Waals surface area contributed by atoms with Crippen LogP contribution < -0.4 is 0 Å². The van der Waals surface area contributed by atoms with E-state index >= 15 is 0 Å². The Balaban J connectivity index is 2.86. The van der Waals surface area contributed by atoms with Gasteiger partial charge in [-0.15, -0.1) is 0 Å². The van der Waals surface area contributed by atoms with Gasteiger partial charge in [0.1, 0.15) is 11.2 Å². The lowest BCUT2D eigenvalue weighted by Gasteiger charge is -1.94. The summed E-state index contributed by atoms with van der Waals surface area (Å²) < 4.78 is 0. The molecule has 2 heterocycles. The zero-order chi connectivity index (χ0) is 7.84. The van der Waals surface area contributed by atoms with Crippen LogP contribution >= 0.6 is 0 Å². The van der Waals surface area contributed by atoms with Crippen LogP contribution in [0, 0.1) is 6.92 Å². The summed E-state index contributed by atoms with van der Waals surface area (Å²) in [5, 5.41) is 9.15. The van der Waals surface area contributed by atoms with Crippen LogP contribution in [0.4, 0.5) is 0 Å². The van der Waals surface area contributed by atoms with Gasteiger partial charge in [-0.2, -0.15) is 0 Å². The van der Waals surface area contributed by atoms with E-state index in [2.05, 4.69) is 15.0 Å². The van der Waals surface area contributed by atoms with Crippen LogP contribution in [0.5, 0.6) is 5.88 Å². The molecule has 0 aliphatic carbocycles. The molecule has 11 heavy (non-hydrogen) atoms. The van der Waals surface area contributed by atoms with E-state index in [1.165, 1.54) is 0 Å². The molecule has 0 amide bonds. The maximum atomic E-state index is 9.15. The highest BCUT2D eigenvalue weighted by atomic mass is 16.3. The predicted molar refractivity (Wildman–Crippen MR) is 40.3 cm³/mol. The highest BCUT2D eigenvalue weighted by Gasteiger charge is 2.02. The Hall–Kier alpha value is -1.58. The van der Waals surface area contributed by atoms with Crippen LogP contribution in [0.3, 0.4) is 0 Å². The average molecular weight is 149 g/mol. The Bertz CT molecular complexity index is 357. The molecule has 0 aliphatic rings. The summed E-state index contributed by atoms with van der Waals surface area (Å²) in [5.41, 5.74) is 1.94. The topological polar surface area (TPSA) is 61.8 Å². The molecule has 0 fully saturated rings. The highest BCUT2D eigenvalue weighted by molar-refractivity contribution is 5.70. The Kier molecular flexibility index (Phi) is 1.09. The third kappa shape index (κ3) is 0.832. The minimum Gasteiger partial charge on any atom is -0.492 e. The number of aryl methyl sites for hydroxylation is 1. The van der Waals surface area contributed by atoms with Crippen LogP contribution in [0.2, 0.25) is 0 Å². The van der Waals surface area contributed by atoms with Crippen molar-refractivity contribution in [2.24, 2.45) is 0 Å². The molecule has 0 aliphatic heterocycles. The standard InChI is InChI=1S/C7H7N3O/c1-4-7(11)10-5-2-3-8-6(5)9-4/h2-3H,1H3,(H,8,9)(H,10,11). The van der Waals surface area contributed by atoms with Crippen LogP contribution in [0.25, 0.3) is 11.2 Å². The number of rotatable bonds is 0. The Morgan fingerprint density at radius 2 is 2.27 bits per heavy atom. The van der Waals surface area contributed by atoms with Gasteiger partial charge in [-0.3, -0.25) is 0 Å². The smallest absolute Gasteiger partial charge is 0.233 e. The number of nitrogens with one attached hydrogen (secondary N) is 1. The summed E-state index contributed by atoms with van der Waals surface area (Å²) in [5.74, 6) is -0.00269. The maximum absolute atomic E-state index is 9.15. The van der Waals surface area contributed by atoms with E-state index in [-0.39, 0.29) is 5.88 Å². The lowest BCUT2D eigenvalue weighted by molar-refractivity contribution is 0.448. The van der Waals surface area contributed by atoms with Gasteiger partial charge >= 0.3 is 0 Å². The van der Waals surface area contributed by atoms with Crippen LogP contribution in [-0.4, -0.2) is 20.1 Å². The molecule has 0 aromatic carbocycles. The Morgan fingerprint density at radius 3 is 3.09 bits per heavy atom. The molecule has 0 atom stereocenters. The number of aromatic hydroxyl groups is 1. The van der Waals surface area contributed by atoms with E-state index in [1.807, 2.05) is 0 Å². The fourth-order valence-electron chi connectivity index (χ4n) is 0.945. The number of fused-ring (bicyclic) bond motifs is 1. The first-order valence-corrected chi connectivity index (χ1v) is 3.28. The van der Waals surface area contributed by atoms with Gasteiger partial charge in [0.15, 0.2) is 5.65 Å². The second kappa shape index (κ2) is 1.95. The molecule has 56 valence electrons. The lowest BCUT2D eigenvalue weighted by Crippen LogP contribution is -1.86. The van der Waals surface area contributed by atoms with Crippen molar-refractivity contribution in [3.8, 4) is 5.88 Å². The van der Waals surface area contributed by atoms with Crippen molar-refractivity contribution >= 4 is 11.2 Å². The fourth-order valence-corrected chi connectivity index (χ4v) is 0.945. The molecule has 0 saturated heterocycles. The van der Waals surface area contributed by atoms with Crippen LogP contribution in [0.15, 0.2) is 12.3 Å². The molecule has 2 aromatic rings. The van der Waals surface area contributed by atoms with Gasteiger partial charge in [0.2, 0.25) is 5.88 Å². The van der Waals surface area contributed by atoms with E-state index in [9.17, 15) is 0 Å². The number of nitrogens with zero attached hydrogens (tertiary/aromatic N) is 2. The molecule has 2 N–H and O–H groups in total. The van der Waals surface area contributed by atoms with Gasteiger partial charge < -0.3 is 10.1 Å². The van der Waals surface area contributed by atoms with Gasteiger partial charge in [-0.1, -0.05) is 0 Å². The van der Waals surface area contributed by atoms with Crippen molar-refractivity contribution in [1.82, 2.24) is 15.0 Å². The van der Waals surface area contributed by atoms with E-state index in [1.54, 1.807) is 19.2 Å². The molecule has 4 heteroatoms. The molecule has 2 aromatic heterocycles. The molecular weight excluding hydrogens is 142 g/mol. The highest BCUT2D eigenvalue weighted by Crippen LogP contribution is 2.14. The third-order valence-electron chi connectivity index (χ3n) is 1.53. The van der Waals surface area contributed by atoms with Crippen molar-refractivity contribution in [3.05, 3.63) is 18.0 Å². The Morgan fingerprint density at radius 1 is 1.45 bits per heavy atom. The van der Waals surface area contributed by atoms with Gasteiger partial charge in [0.05, 0.1) is 0 Å². The molecular formula is C7H7N3O. The van der Waals surface area contributed by atoms with Crippen molar-refractivity contribution in [1.29, 1.82) is 0 Å². The normalized spacial score (nSPS) is 10.6. The number of hydrogen-bond acceptors (Lipinski definition) is 3. The second-order valence-corrected chi connectivity index (χ2v) is 2.34. The van der Waals surface area contributed by atoms with Crippen LogP contribution in [0.1, 0.15) is 5.69 Å². The zero-order valence-corrected chi connectivity index (χ0v) is 6.00. The van der Waals surface area contributed by atoms with Gasteiger partial charge in [0, 0.05) is 6.20 Å². The zero-order valence-electron chi connectivity index (χ0n) is 6.00. The fraction of sp³-hybridized carbons (Fsp3) is 0.143. The second-order valence-electron chi connectivity index (χ2n) is 2.34. The molecule has 0 radical (unpaired) electrons. The summed E-state index contributed by atoms with van der Waals surface area (Å²) in [7, 11) is 0. The van der Waals surface area contributed by atoms with E-state index in [0.717, 1.165) is 0 Å². The van der Waals surface area contributed by atoms with Gasteiger partial charge in [-0.05, 0) is 13.0 Å². The van der Waals surface area contributed by atoms with E-state index in [0.29, 0.717) is 16.9 Å². The quantitative estimate of drug-likeness (QED) is 0.586. The first-order valence-electron chi connectivity index (χ1n) is 3.28. The number of hydrogen-bond donors (Lipinski definition) is 2. The average Bonchev–Trinajstić information content (AvgIpc) is 2.36. The lowest BCUT2D eigenvalue weighted by atomic mass is 10.4. The molecule has 4 nitrogen and oxygen atoms in total. The summed E-state index contributed by atoms with van der Waals surface area (Å²) >= 11 is 0. The third-order valence-corrected chi connectivity index (χ3v) is 1.53. The summed E-state index contributed by atoms with van der Waals surface area (Å²) in [4.78, 5) is 10.9. The summed E-state index contributed by atoms with van der Waals surface area (Å²) in [6.07, 6.45) is 1.74. The van der Waals surface area contributed by atoms with Crippen molar-refractivity contribution < 1.29 is 5.11 Å². The predicted octanol–water partition coefficient (Wildman–Crippen LogP) is 0.972. The largest absolute Gasteiger partial charge is 0.492 e. The Labute approximate surface area is 62.9 Å².